The van der Waals surface area contributed by atoms with E-state index in [0.29, 0.717) is 5.57 Å². The van der Waals surface area contributed by atoms with Crippen LogP contribution in [0.2, 0.25) is 0 Å². The highest BCUT2D eigenvalue weighted by Gasteiger charge is 2.22. The molecule has 2 aromatic rings. The summed E-state index contributed by atoms with van der Waals surface area (Å²) < 4.78 is 5.48. The van der Waals surface area contributed by atoms with E-state index in [0.717, 1.165) is 49.4 Å². The Morgan fingerprint density at radius 1 is 1.07 bits per heavy atom. The van der Waals surface area contributed by atoms with Crippen molar-refractivity contribution in [1.29, 1.82) is 0 Å². The lowest BCUT2D eigenvalue weighted by Crippen LogP contribution is -2.44. The van der Waals surface area contributed by atoms with Crippen LogP contribution in [0.5, 0.6) is 5.75 Å². The lowest BCUT2D eigenvalue weighted by Gasteiger charge is -2.32. The Kier molecular flexibility index (Phi) is 7.86. The topological polar surface area (TPSA) is 41.6 Å². The standard InChI is InChI=1S/C26H32N2O2/c1-20(2)13-16-28-17-14-23(15-18-28)27-26(29)24(21-9-5-4-6-10-21)19-22-11-7-8-12-25(22)30-3/h4-13,19,23H,14-18H2,1-3H3,(H,27,29)/b24-19+. The quantitative estimate of drug-likeness (QED) is 0.410. The molecule has 0 bridgehead atoms. The van der Waals surface area contributed by atoms with Crippen LogP contribution in [0.15, 0.2) is 66.2 Å². The number of nitrogens with zero attached hydrogens (tertiary/aromatic N) is 1. The number of benzene rings is 2. The number of amides is 1. The van der Waals surface area contributed by atoms with E-state index in [4.69, 9.17) is 4.74 Å². The van der Waals surface area contributed by atoms with Crippen molar-refractivity contribution in [3.05, 3.63) is 77.4 Å². The van der Waals surface area contributed by atoms with Gasteiger partial charge in [-0.1, -0.05) is 60.2 Å². The number of hydrogen-bond acceptors (Lipinski definition) is 3. The van der Waals surface area contributed by atoms with Crippen molar-refractivity contribution in [2.24, 2.45) is 0 Å². The number of carbonyl (C=O) groups is 1. The Morgan fingerprint density at radius 3 is 2.40 bits per heavy atom. The zero-order chi connectivity index (χ0) is 21.3. The number of allylic oxidation sites excluding steroid dienone is 1. The Balaban J connectivity index is 1.74. The number of para-hydroxylation sites is 1. The molecule has 4 nitrogen and oxygen atoms in total. The first-order valence-corrected chi connectivity index (χ1v) is 10.6. The van der Waals surface area contributed by atoms with Gasteiger partial charge in [0.05, 0.1) is 7.11 Å². The van der Waals surface area contributed by atoms with Crippen molar-refractivity contribution in [3.8, 4) is 5.75 Å². The first kappa shape index (κ1) is 21.8. The second-order valence-electron chi connectivity index (χ2n) is 8.00. The van der Waals surface area contributed by atoms with Crippen LogP contribution in [0.4, 0.5) is 0 Å². The average molecular weight is 405 g/mol. The second kappa shape index (κ2) is 10.8. The second-order valence-corrected chi connectivity index (χ2v) is 8.00. The predicted molar refractivity (Wildman–Crippen MR) is 124 cm³/mol. The molecule has 1 amide bonds. The van der Waals surface area contributed by atoms with Gasteiger partial charge in [0.15, 0.2) is 0 Å². The Morgan fingerprint density at radius 2 is 1.73 bits per heavy atom. The Labute approximate surface area is 180 Å². The number of likely N-dealkylation sites (tertiary alicyclic amines) is 1. The highest BCUT2D eigenvalue weighted by atomic mass is 16.5. The molecule has 0 atom stereocenters. The van der Waals surface area contributed by atoms with Gasteiger partial charge < -0.3 is 10.1 Å². The van der Waals surface area contributed by atoms with Gasteiger partial charge in [0.25, 0.3) is 5.91 Å². The van der Waals surface area contributed by atoms with Gasteiger partial charge >= 0.3 is 0 Å². The summed E-state index contributed by atoms with van der Waals surface area (Å²) in [5.41, 5.74) is 3.80. The molecule has 1 saturated heterocycles. The fraction of sp³-hybridized carbons (Fsp3) is 0.346. The smallest absolute Gasteiger partial charge is 0.252 e. The zero-order valence-electron chi connectivity index (χ0n) is 18.2. The molecule has 0 aromatic heterocycles. The maximum Gasteiger partial charge on any atom is 0.252 e. The van der Waals surface area contributed by atoms with Crippen molar-refractivity contribution < 1.29 is 9.53 Å². The molecule has 2 aromatic carbocycles. The first-order chi connectivity index (χ1) is 14.6. The molecule has 1 aliphatic heterocycles. The lowest BCUT2D eigenvalue weighted by atomic mass is 9.99. The van der Waals surface area contributed by atoms with Gasteiger partial charge in [-0.15, -0.1) is 0 Å². The highest BCUT2D eigenvalue weighted by molar-refractivity contribution is 6.24. The van der Waals surface area contributed by atoms with Crippen LogP contribution in [-0.4, -0.2) is 43.6 Å². The summed E-state index contributed by atoms with van der Waals surface area (Å²) in [6.07, 6.45) is 6.13. The Hall–Kier alpha value is -2.85. The van der Waals surface area contributed by atoms with Gasteiger partial charge in [0.1, 0.15) is 5.75 Å². The zero-order valence-corrected chi connectivity index (χ0v) is 18.2. The van der Waals surface area contributed by atoms with E-state index >= 15 is 0 Å². The summed E-state index contributed by atoms with van der Waals surface area (Å²) in [6.45, 7) is 7.27. The SMILES string of the molecule is COc1ccccc1/C=C(/C(=O)NC1CCN(CC=C(C)C)CC1)c1ccccc1. The molecule has 3 rings (SSSR count). The number of ether oxygens (including phenoxy) is 1. The molecule has 0 aliphatic carbocycles. The van der Waals surface area contributed by atoms with Crippen LogP contribution in [0.1, 0.15) is 37.8 Å². The fourth-order valence-electron chi connectivity index (χ4n) is 3.67. The molecule has 0 radical (unpaired) electrons. The monoisotopic (exact) mass is 404 g/mol. The maximum atomic E-state index is 13.3. The van der Waals surface area contributed by atoms with Crippen LogP contribution in [0.25, 0.3) is 11.6 Å². The largest absolute Gasteiger partial charge is 0.496 e. The average Bonchev–Trinajstić information content (AvgIpc) is 2.77. The predicted octanol–water partition coefficient (Wildman–Crippen LogP) is 4.78. The van der Waals surface area contributed by atoms with E-state index in [-0.39, 0.29) is 11.9 Å². The summed E-state index contributed by atoms with van der Waals surface area (Å²) in [7, 11) is 1.65. The number of piperidine rings is 1. The van der Waals surface area contributed by atoms with Gasteiger partial charge in [-0.2, -0.15) is 0 Å². The van der Waals surface area contributed by atoms with Gasteiger partial charge in [0, 0.05) is 36.8 Å². The molecule has 30 heavy (non-hydrogen) atoms. The number of methoxy groups -OCH3 is 1. The third kappa shape index (κ3) is 6.07. The summed E-state index contributed by atoms with van der Waals surface area (Å²) in [5.74, 6) is 0.723. The van der Waals surface area contributed by atoms with Crippen molar-refractivity contribution >= 4 is 17.6 Å². The van der Waals surface area contributed by atoms with Crippen molar-refractivity contribution in [3.63, 3.8) is 0 Å². The van der Waals surface area contributed by atoms with Crippen LogP contribution in [0.3, 0.4) is 0 Å². The van der Waals surface area contributed by atoms with E-state index in [1.165, 1.54) is 5.57 Å². The van der Waals surface area contributed by atoms with E-state index in [9.17, 15) is 4.79 Å². The van der Waals surface area contributed by atoms with Gasteiger partial charge in [0.2, 0.25) is 0 Å². The number of hydrogen-bond donors (Lipinski definition) is 1. The molecule has 158 valence electrons. The summed E-state index contributed by atoms with van der Waals surface area (Å²) in [5, 5.41) is 3.27. The van der Waals surface area contributed by atoms with E-state index in [1.807, 2.05) is 60.7 Å². The van der Waals surface area contributed by atoms with Gasteiger partial charge in [-0.05, 0) is 44.4 Å². The number of nitrogens with one attached hydrogen (secondary N) is 1. The van der Waals surface area contributed by atoms with Crippen LogP contribution < -0.4 is 10.1 Å². The highest BCUT2D eigenvalue weighted by Crippen LogP contribution is 2.25. The minimum atomic E-state index is -0.0325. The molecular weight excluding hydrogens is 372 g/mol. The third-order valence-electron chi connectivity index (χ3n) is 5.45. The van der Waals surface area contributed by atoms with Crippen molar-refractivity contribution in [2.75, 3.05) is 26.7 Å². The molecule has 0 unspecified atom stereocenters. The van der Waals surface area contributed by atoms with E-state index < -0.39 is 0 Å². The van der Waals surface area contributed by atoms with Crippen molar-refractivity contribution in [2.45, 2.75) is 32.7 Å². The van der Waals surface area contributed by atoms with Gasteiger partial charge in [-0.3, -0.25) is 9.69 Å². The fourth-order valence-corrected chi connectivity index (χ4v) is 3.67. The van der Waals surface area contributed by atoms with Crippen LogP contribution >= 0.6 is 0 Å². The minimum absolute atomic E-state index is 0.0325. The van der Waals surface area contributed by atoms with E-state index in [2.05, 4.69) is 30.1 Å². The molecule has 1 N–H and O–H groups in total. The molecule has 0 saturated carbocycles. The third-order valence-corrected chi connectivity index (χ3v) is 5.45. The van der Waals surface area contributed by atoms with Crippen LogP contribution in [-0.2, 0) is 4.79 Å². The molecule has 0 spiro atoms. The molecule has 1 fully saturated rings. The summed E-state index contributed by atoms with van der Waals surface area (Å²) in [4.78, 5) is 15.7. The van der Waals surface area contributed by atoms with Gasteiger partial charge in [-0.25, -0.2) is 0 Å². The molecule has 4 heteroatoms. The maximum absolute atomic E-state index is 13.3. The number of rotatable bonds is 7. The van der Waals surface area contributed by atoms with Crippen molar-refractivity contribution in [1.82, 2.24) is 10.2 Å². The minimum Gasteiger partial charge on any atom is -0.496 e. The lowest BCUT2D eigenvalue weighted by molar-refractivity contribution is -0.116. The molecule has 1 aliphatic rings. The summed E-state index contributed by atoms with van der Waals surface area (Å²) >= 11 is 0. The Bertz CT molecular complexity index is 890. The molecule has 1 heterocycles. The van der Waals surface area contributed by atoms with E-state index in [1.54, 1.807) is 7.11 Å². The number of carbonyl (C=O) groups excluding carboxylic acids is 1. The molecular formula is C26H32N2O2. The van der Waals surface area contributed by atoms with Crippen LogP contribution in [0, 0.1) is 0 Å². The summed E-state index contributed by atoms with van der Waals surface area (Å²) in [6, 6.07) is 17.8. The normalized spacial score (nSPS) is 15.5. The first-order valence-electron chi connectivity index (χ1n) is 10.6.